The van der Waals surface area contributed by atoms with Crippen LogP contribution in [0.1, 0.15) is 27.2 Å². The van der Waals surface area contributed by atoms with E-state index in [9.17, 15) is 4.79 Å². The number of nitrogens with zero attached hydrogens (tertiary/aromatic N) is 1. The maximum absolute atomic E-state index is 11.1. The molecule has 0 aliphatic heterocycles. The highest BCUT2D eigenvalue weighted by atomic mass is 16.6. The van der Waals surface area contributed by atoms with Gasteiger partial charge in [0.05, 0.1) is 20.6 Å². The van der Waals surface area contributed by atoms with Crippen molar-refractivity contribution in [2.24, 2.45) is 0 Å². The number of hydrogen-bond donors (Lipinski definition) is 0. The van der Waals surface area contributed by atoms with E-state index in [1.54, 1.807) is 0 Å². The molecule has 0 atom stereocenters. The second kappa shape index (κ2) is 4.60. The third-order valence-electron chi connectivity index (χ3n) is 2.76. The van der Waals surface area contributed by atoms with Crippen molar-refractivity contribution in [3.8, 4) is 0 Å². The zero-order valence-corrected chi connectivity index (χ0v) is 9.96. The van der Waals surface area contributed by atoms with Crippen LogP contribution in [0.2, 0.25) is 0 Å². The molecule has 82 valence electrons. The quantitative estimate of drug-likeness (QED) is 0.293. The van der Waals surface area contributed by atoms with Crippen molar-refractivity contribution >= 4 is 5.97 Å². The van der Waals surface area contributed by atoms with E-state index in [2.05, 4.69) is 27.6 Å². The fourth-order valence-electron chi connectivity index (χ4n) is 1.24. The molecule has 0 radical (unpaired) electrons. The van der Waals surface area contributed by atoms with Gasteiger partial charge in [-0.25, -0.2) is 4.79 Å². The van der Waals surface area contributed by atoms with Crippen molar-refractivity contribution in [1.82, 2.24) is 0 Å². The van der Waals surface area contributed by atoms with Gasteiger partial charge in [-0.2, -0.15) is 0 Å². The van der Waals surface area contributed by atoms with Gasteiger partial charge in [-0.1, -0.05) is 13.5 Å². The molecule has 3 heteroatoms. The number of ether oxygens (including phenoxy) is 1. The molecule has 0 aliphatic rings. The molecule has 0 amide bonds. The molecule has 0 rings (SSSR count). The van der Waals surface area contributed by atoms with Crippen LogP contribution >= 0.6 is 0 Å². The highest BCUT2D eigenvalue weighted by Gasteiger charge is 2.38. The van der Waals surface area contributed by atoms with E-state index < -0.39 is 5.72 Å². The summed E-state index contributed by atoms with van der Waals surface area (Å²) in [4.78, 5) is 11.1. The van der Waals surface area contributed by atoms with E-state index in [0.717, 1.165) is 13.0 Å². The van der Waals surface area contributed by atoms with Crippen molar-refractivity contribution in [2.75, 3.05) is 20.6 Å². The lowest BCUT2D eigenvalue weighted by atomic mass is 10.2. The van der Waals surface area contributed by atoms with Crippen LogP contribution in [0.3, 0.4) is 0 Å². The van der Waals surface area contributed by atoms with Crippen molar-refractivity contribution in [3.63, 3.8) is 0 Å². The molecule has 0 aromatic heterocycles. The molecule has 0 heterocycles. The molecule has 0 saturated heterocycles. The van der Waals surface area contributed by atoms with Gasteiger partial charge in [0.15, 0.2) is 0 Å². The summed E-state index contributed by atoms with van der Waals surface area (Å²) < 4.78 is 5.98. The lowest BCUT2D eigenvalue weighted by Gasteiger charge is -2.42. The number of rotatable bonds is 5. The fraction of sp³-hybridized carbons (Fsp3) is 0.727. The summed E-state index contributed by atoms with van der Waals surface area (Å²) in [6, 6.07) is 0. The Morgan fingerprint density at radius 3 is 2.36 bits per heavy atom. The minimum absolute atomic E-state index is 0.364. The zero-order valence-electron chi connectivity index (χ0n) is 9.96. The molecule has 0 unspecified atom stereocenters. The van der Waals surface area contributed by atoms with Gasteiger partial charge in [-0.15, -0.1) is 0 Å². The topological polar surface area (TPSA) is 26.3 Å². The predicted octanol–water partition coefficient (Wildman–Crippen LogP) is 1.94. The van der Waals surface area contributed by atoms with Gasteiger partial charge in [0.25, 0.3) is 0 Å². The second-order valence-electron chi connectivity index (χ2n) is 4.48. The first-order valence-corrected chi connectivity index (χ1v) is 4.95. The summed E-state index contributed by atoms with van der Waals surface area (Å²) >= 11 is 0. The number of hydrogen-bond acceptors (Lipinski definition) is 2. The van der Waals surface area contributed by atoms with Crippen LogP contribution < -0.4 is 0 Å². The summed E-state index contributed by atoms with van der Waals surface area (Å²) in [5, 5.41) is 0. The van der Waals surface area contributed by atoms with Crippen molar-refractivity contribution in [1.29, 1.82) is 0 Å². The molecule has 0 aromatic carbocycles. The Labute approximate surface area is 86.9 Å². The van der Waals surface area contributed by atoms with Gasteiger partial charge in [0.1, 0.15) is 0 Å². The highest BCUT2D eigenvalue weighted by molar-refractivity contribution is 5.81. The van der Waals surface area contributed by atoms with Crippen molar-refractivity contribution < 1.29 is 14.0 Å². The molecule has 0 saturated carbocycles. The van der Waals surface area contributed by atoms with Gasteiger partial charge >= 0.3 is 5.97 Å². The molecule has 0 fully saturated rings. The van der Waals surface area contributed by atoms with Gasteiger partial charge in [0.2, 0.25) is 5.72 Å². The van der Waals surface area contributed by atoms with Crippen LogP contribution in [0, 0.1) is 0 Å². The molecule has 0 spiro atoms. The molecule has 0 aliphatic carbocycles. The average Bonchev–Trinajstić information content (AvgIpc) is 2.03. The second-order valence-corrected chi connectivity index (χ2v) is 4.48. The lowest BCUT2D eigenvalue weighted by Crippen LogP contribution is -2.58. The van der Waals surface area contributed by atoms with Crippen molar-refractivity contribution in [2.45, 2.75) is 32.9 Å². The van der Waals surface area contributed by atoms with E-state index in [-0.39, 0.29) is 5.97 Å². The van der Waals surface area contributed by atoms with Crippen LogP contribution in [-0.2, 0) is 9.53 Å². The Kier molecular flexibility index (Phi) is 4.33. The summed E-state index contributed by atoms with van der Waals surface area (Å²) in [6.45, 7) is 10.3. The van der Waals surface area contributed by atoms with E-state index in [1.165, 1.54) is 6.08 Å². The molecule has 0 N–H and O–H groups in total. The fourth-order valence-corrected chi connectivity index (χ4v) is 1.24. The number of carbonyl (C=O) groups excluding carboxylic acids is 1. The first-order chi connectivity index (χ1) is 6.27. The number of esters is 1. The third-order valence-corrected chi connectivity index (χ3v) is 2.76. The van der Waals surface area contributed by atoms with E-state index in [1.807, 2.05) is 13.8 Å². The first-order valence-electron chi connectivity index (χ1n) is 4.95. The zero-order chi connectivity index (χ0) is 11.4. The molecule has 0 aromatic rings. The van der Waals surface area contributed by atoms with Crippen LogP contribution in [0.4, 0.5) is 0 Å². The predicted molar refractivity (Wildman–Crippen MR) is 57.6 cm³/mol. The average molecular weight is 200 g/mol. The van der Waals surface area contributed by atoms with Crippen LogP contribution in [-0.4, -0.2) is 36.8 Å². The smallest absolute Gasteiger partial charge is 0.334 e. The maximum atomic E-state index is 11.1. The van der Waals surface area contributed by atoms with Crippen LogP contribution in [0.15, 0.2) is 12.7 Å². The standard InChI is InChI=1S/C11H22NO2/c1-7-9-12(5,6)11(3,4)14-10(13)8-2/h8H,2,7,9H2,1,3-6H3/q+1. The Bertz CT molecular complexity index is 219. The Morgan fingerprint density at radius 2 is 2.00 bits per heavy atom. The molecular formula is C11H22NO2+. The summed E-state index contributed by atoms with van der Waals surface area (Å²) in [6.07, 6.45) is 2.26. The summed E-state index contributed by atoms with van der Waals surface area (Å²) in [5.41, 5.74) is -0.513. The monoisotopic (exact) mass is 200 g/mol. The first kappa shape index (κ1) is 13.2. The lowest BCUT2D eigenvalue weighted by molar-refractivity contribution is -0.960. The number of quaternary nitrogens is 1. The molecule has 0 bridgehead atoms. The molecule has 3 nitrogen and oxygen atoms in total. The molecule has 14 heavy (non-hydrogen) atoms. The molecular weight excluding hydrogens is 178 g/mol. The minimum atomic E-state index is -0.513. The van der Waals surface area contributed by atoms with E-state index in [4.69, 9.17) is 4.74 Å². The van der Waals surface area contributed by atoms with E-state index >= 15 is 0 Å². The van der Waals surface area contributed by atoms with Crippen LogP contribution in [0.5, 0.6) is 0 Å². The van der Waals surface area contributed by atoms with Gasteiger partial charge in [-0.3, -0.25) is 4.48 Å². The summed E-state index contributed by atoms with van der Waals surface area (Å²) in [5.74, 6) is -0.364. The van der Waals surface area contributed by atoms with Gasteiger partial charge in [0, 0.05) is 19.9 Å². The number of carbonyl (C=O) groups is 1. The normalized spacial score (nSPS) is 12.4. The van der Waals surface area contributed by atoms with Crippen LogP contribution in [0.25, 0.3) is 0 Å². The largest absolute Gasteiger partial charge is 0.407 e. The Balaban J connectivity index is 4.57. The van der Waals surface area contributed by atoms with E-state index in [0.29, 0.717) is 4.48 Å². The Morgan fingerprint density at radius 1 is 1.50 bits per heavy atom. The summed E-state index contributed by atoms with van der Waals surface area (Å²) in [7, 11) is 4.11. The Hall–Kier alpha value is -0.830. The van der Waals surface area contributed by atoms with Crippen molar-refractivity contribution in [3.05, 3.63) is 12.7 Å². The SMILES string of the molecule is C=CC(=O)OC(C)(C)[N+](C)(C)CCC. The highest BCUT2D eigenvalue weighted by Crippen LogP contribution is 2.22. The third kappa shape index (κ3) is 3.14. The minimum Gasteiger partial charge on any atom is -0.407 e. The maximum Gasteiger partial charge on any atom is 0.334 e. The van der Waals surface area contributed by atoms with Gasteiger partial charge < -0.3 is 4.74 Å². The van der Waals surface area contributed by atoms with Gasteiger partial charge in [-0.05, 0) is 6.42 Å².